The molecule has 0 unspecified atom stereocenters. The first-order chi connectivity index (χ1) is 13.5. The van der Waals surface area contributed by atoms with E-state index in [0.29, 0.717) is 28.2 Å². The van der Waals surface area contributed by atoms with Gasteiger partial charge in [0.1, 0.15) is 0 Å². The molecule has 1 N–H and O–H groups in total. The van der Waals surface area contributed by atoms with Crippen molar-refractivity contribution in [2.45, 2.75) is 6.42 Å². The van der Waals surface area contributed by atoms with Crippen molar-refractivity contribution in [3.8, 4) is 0 Å². The fourth-order valence-corrected chi connectivity index (χ4v) is 4.10. The molecule has 0 saturated carbocycles. The Morgan fingerprint density at radius 2 is 1.96 bits per heavy atom. The molecular weight excluding hydrogens is 415 g/mol. The maximum atomic E-state index is 12.5. The maximum Gasteiger partial charge on any atom is 0.246 e. The molecule has 4 rings (SSSR count). The molecule has 1 aliphatic rings. The Balaban J connectivity index is 1.48. The number of aromatic nitrogens is 1. The van der Waals surface area contributed by atoms with E-state index in [0.717, 1.165) is 28.5 Å². The van der Waals surface area contributed by atoms with Crippen LogP contribution in [0.2, 0.25) is 15.1 Å². The number of rotatable bonds is 3. The van der Waals surface area contributed by atoms with E-state index in [1.54, 1.807) is 30.4 Å². The van der Waals surface area contributed by atoms with Gasteiger partial charge in [0.05, 0.1) is 10.5 Å². The minimum absolute atomic E-state index is 0.0386. The average Bonchev–Trinajstić information content (AvgIpc) is 3.13. The number of carbonyl (C=O) groups is 1. The number of hydrogen-bond donors (Lipinski definition) is 1. The van der Waals surface area contributed by atoms with Gasteiger partial charge < -0.3 is 9.88 Å². The average molecular weight is 432 g/mol. The Bertz CT molecular complexity index is 1110. The van der Waals surface area contributed by atoms with Gasteiger partial charge in [0.2, 0.25) is 5.91 Å². The summed E-state index contributed by atoms with van der Waals surface area (Å²) in [6.45, 7) is 1.23. The number of halogens is 3. The minimum atomic E-state index is -0.0386. The van der Waals surface area contributed by atoms with Crippen LogP contribution in [0.15, 0.2) is 54.7 Å². The topological polar surface area (TPSA) is 36.1 Å². The Labute approximate surface area is 178 Å². The van der Waals surface area contributed by atoms with E-state index in [1.165, 1.54) is 5.57 Å². The van der Waals surface area contributed by atoms with Crippen LogP contribution < -0.4 is 0 Å². The van der Waals surface area contributed by atoms with Gasteiger partial charge >= 0.3 is 0 Å². The normalized spacial score (nSPS) is 14.7. The second kappa shape index (κ2) is 8.04. The third kappa shape index (κ3) is 3.83. The summed E-state index contributed by atoms with van der Waals surface area (Å²) in [5, 5.41) is 2.91. The largest absolute Gasteiger partial charge is 0.359 e. The zero-order valence-corrected chi connectivity index (χ0v) is 17.2. The molecule has 6 heteroatoms. The summed E-state index contributed by atoms with van der Waals surface area (Å²) in [5.41, 5.74) is 4.08. The molecule has 2 heterocycles. The lowest BCUT2D eigenvalue weighted by Crippen LogP contribution is -2.33. The molecule has 142 valence electrons. The van der Waals surface area contributed by atoms with Crippen LogP contribution in [0, 0.1) is 0 Å². The molecular formula is C22H17Cl3N2O. The lowest BCUT2D eigenvalue weighted by atomic mass is 9.99. The molecule has 2 aromatic carbocycles. The maximum absolute atomic E-state index is 12.5. The zero-order valence-electron chi connectivity index (χ0n) is 14.9. The number of carbonyl (C=O) groups excluding carboxylic acids is 1. The number of aromatic amines is 1. The highest BCUT2D eigenvalue weighted by Gasteiger charge is 2.18. The number of nitrogens with one attached hydrogen (secondary N) is 1. The van der Waals surface area contributed by atoms with Gasteiger partial charge in [-0.2, -0.15) is 0 Å². The minimum Gasteiger partial charge on any atom is -0.359 e. The number of nitrogens with zero attached hydrogens (tertiary/aromatic N) is 1. The fraction of sp³-hybridized carbons (Fsp3) is 0.136. The summed E-state index contributed by atoms with van der Waals surface area (Å²) in [6, 6.07) is 11.1. The lowest BCUT2D eigenvalue weighted by molar-refractivity contribution is -0.125. The monoisotopic (exact) mass is 430 g/mol. The molecule has 0 bridgehead atoms. The van der Waals surface area contributed by atoms with Gasteiger partial charge in [0, 0.05) is 46.4 Å². The zero-order chi connectivity index (χ0) is 19.7. The summed E-state index contributed by atoms with van der Waals surface area (Å²) in [7, 11) is 0. The number of para-hydroxylation sites is 1. The Morgan fingerprint density at radius 3 is 2.71 bits per heavy atom. The van der Waals surface area contributed by atoms with Crippen molar-refractivity contribution in [3.05, 3.63) is 80.9 Å². The van der Waals surface area contributed by atoms with Gasteiger partial charge in [0.15, 0.2) is 0 Å². The smallest absolute Gasteiger partial charge is 0.246 e. The van der Waals surface area contributed by atoms with E-state index in [-0.39, 0.29) is 5.91 Å². The number of benzene rings is 2. The fourth-order valence-electron chi connectivity index (χ4n) is 3.40. The third-order valence-electron chi connectivity index (χ3n) is 4.90. The van der Waals surface area contributed by atoms with Crippen LogP contribution in [-0.2, 0) is 4.79 Å². The van der Waals surface area contributed by atoms with Crippen molar-refractivity contribution >= 4 is 63.3 Å². The first kappa shape index (κ1) is 19.1. The van der Waals surface area contributed by atoms with E-state index < -0.39 is 0 Å². The second-order valence-electron chi connectivity index (χ2n) is 6.63. The molecule has 0 saturated heterocycles. The molecule has 28 heavy (non-hydrogen) atoms. The number of fused-ring (bicyclic) bond motifs is 1. The number of amides is 1. The van der Waals surface area contributed by atoms with Crippen molar-refractivity contribution in [2.24, 2.45) is 0 Å². The Morgan fingerprint density at radius 1 is 1.11 bits per heavy atom. The molecule has 1 aliphatic heterocycles. The van der Waals surface area contributed by atoms with Crippen LogP contribution in [0.25, 0.3) is 22.6 Å². The van der Waals surface area contributed by atoms with E-state index in [9.17, 15) is 4.79 Å². The molecule has 3 nitrogen and oxygen atoms in total. The Hall–Kier alpha value is -2.20. The standard InChI is InChI=1S/C22H17Cl3N2O/c23-16-6-4-15(20(25)12-16)5-7-21(28)27-10-8-14(9-11-27)18-13-26-22-17(18)2-1-3-19(22)24/h1-8,12-13,26H,9-11H2/b7-5+. The van der Waals surface area contributed by atoms with Crippen molar-refractivity contribution in [2.75, 3.05) is 13.1 Å². The summed E-state index contributed by atoms with van der Waals surface area (Å²) in [5.74, 6) is -0.0386. The van der Waals surface area contributed by atoms with Crippen LogP contribution in [-0.4, -0.2) is 28.9 Å². The predicted octanol–water partition coefficient (Wildman–Crippen LogP) is 6.46. The number of H-pyrrole nitrogens is 1. The van der Waals surface area contributed by atoms with Crippen molar-refractivity contribution in [1.82, 2.24) is 9.88 Å². The molecule has 1 amide bonds. The summed E-state index contributed by atoms with van der Waals surface area (Å²) in [6.07, 6.45) is 8.17. The van der Waals surface area contributed by atoms with Crippen molar-refractivity contribution < 1.29 is 4.79 Å². The van der Waals surface area contributed by atoms with Crippen LogP contribution >= 0.6 is 34.8 Å². The molecule has 0 aliphatic carbocycles. The SMILES string of the molecule is O=C(/C=C/c1ccc(Cl)cc1Cl)N1CC=C(c2c[nH]c3c(Cl)cccc23)CC1. The van der Waals surface area contributed by atoms with Gasteiger partial charge in [-0.05, 0) is 41.8 Å². The predicted molar refractivity (Wildman–Crippen MR) is 118 cm³/mol. The molecule has 0 radical (unpaired) electrons. The van der Waals surface area contributed by atoms with E-state index in [4.69, 9.17) is 34.8 Å². The Kier molecular flexibility index (Phi) is 5.49. The third-order valence-corrected chi connectivity index (χ3v) is 5.78. The van der Waals surface area contributed by atoms with Crippen LogP contribution in [0.3, 0.4) is 0 Å². The van der Waals surface area contributed by atoms with Crippen molar-refractivity contribution in [1.29, 1.82) is 0 Å². The first-order valence-corrected chi connectivity index (χ1v) is 10.0. The van der Waals surface area contributed by atoms with Gasteiger partial charge in [-0.15, -0.1) is 0 Å². The van der Waals surface area contributed by atoms with Crippen LogP contribution in [0.1, 0.15) is 17.5 Å². The van der Waals surface area contributed by atoms with Gasteiger partial charge in [0.25, 0.3) is 0 Å². The van der Waals surface area contributed by atoms with E-state index in [2.05, 4.69) is 17.1 Å². The molecule has 1 aromatic heterocycles. The lowest BCUT2D eigenvalue weighted by Gasteiger charge is -2.25. The second-order valence-corrected chi connectivity index (χ2v) is 7.88. The number of hydrogen-bond acceptors (Lipinski definition) is 1. The quantitative estimate of drug-likeness (QED) is 0.475. The molecule has 3 aromatic rings. The summed E-state index contributed by atoms with van der Waals surface area (Å²) < 4.78 is 0. The van der Waals surface area contributed by atoms with Crippen LogP contribution in [0.5, 0.6) is 0 Å². The molecule has 0 atom stereocenters. The van der Waals surface area contributed by atoms with Gasteiger partial charge in [-0.1, -0.05) is 59.1 Å². The first-order valence-electron chi connectivity index (χ1n) is 8.90. The van der Waals surface area contributed by atoms with Crippen molar-refractivity contribution in [3.63, 3.8) is 0 Å². The molecule has 0 spiro atoms. The highest BCUT2D eigenvalue weighted by atomic mass is 35.5. The highest BCUT2D eigenvalue weighted by Crippen LogP contribution is 2.32. The molecule has 0 fully saturated rings. The highest BCUT2D eigenvalue weighted by molar-refractivity contribution is 6.36. The van der Waals surface area contributed by atoms with Gasteiger partial charge in [-0.25, -0.2) is 0 Å². The summed E-state index contributed by atoms with van der Waals surface area (Å²) in [4.78, 5) is 17.6. The van der Waals surface area contributed by atoms with Crippen LogP contribution in [0.4, 0.5) is 0 Å². The van der Waals surface area contributed by atoms with E-state index >= 15 is 0 Å². The van der Waals surface area contributed by atoms with E-state index in [1.807, 2.05) is 23.2 Å². The summed E-state index contributed by atoms with van der Waals surface area (Å²) >= 11 is 18.3. The van der Waals surface area contributed by atoms with Gasteiger partial charge in [-0.3, -0.25) is 4.79 Å².